The van der Waals surface area contributed by atoms with E-state index in [2.05, 4.69) is 21.1 Å². The summed E-state index contributed by atoms with van der Waals surface area (Å²) < 4.78 is 87.3. The molecule has 2 fully saturated rings. The normalized spacial score (nSPS) is 22.8. The van der Waals surface area contributed by atoms with Crippen molar-refractivity contribution in [1.82, 2.24) is 14.2 Å². The predicted octanol–water partition coefficient (Wildman–Crippen LogP) is 4.42. The molecule has 13 heteroatoms. The molecular weight excluding hydrogens is 645 g/mol. The molecule has 10 nitrogen and oxygen atoms in total. The fourth-order valence-corrected chi connectivity index (χ4v) is 10.2. The van der Waals surface area contributed by atoms with E-state index in [4.69, 9.17) is 5.73 Å². The maximum atomic E-state index is 13.4. The van der Waals surface area contributed by atoms with Crippen LogP contribution in [0.25, 0.3) is 11.1 Å². The van der Waals surface area contributed by atoms with Crippen molar-refractivity contribution in [3.63, 3.8) is 0 Å². The van der Waals surface area contributed by atoms with Gasteiger partial charge in [0.2, 0.25) is 30.1 Å². The minimum absolute atomic E-state index is 0.0576. The van der Waals surface area contributed by atoms with E-state index in [9.17, 15) is 25.3 Å². The number of sulfonamides is 3. The van der Waals surface area contributed by atoms with Gasteiger partial charge < -0.3 is 5.73 Å². The molecule has 0 bridgehead atoms. The highest BCUT2D eigenvalue weighted by Crippen LogP contribution is 2.26. The smallest absolute Gasteiger partial charge is 0.240 e. The number of benzene rings is 3. The lowest BCUT2D eigenvalue weighted by atomic mass is 9.92. The molecule has 0 unspecified atom stereocenters. The number of aryl methyl sites for hydroxylation is 1. The van der Waals surface area contributed by atoms with Crippen LogP contribution in [0.5, 0.6) is 0 Å². The minimum atomic E-state index is -3.95. The van der Waals surface area contributed by atoms with Crippen LogP contribution in [0.4, 0.5) is 0 Å². The van der Waals surface area contributed by atoms with Crippen molar-refractivity contribution in [2.45, 2.75) is 110 Å². The number of rotatable bonds is 12. The van der Waals surface area contributed by atoms with E-state index in [0.717, 1.165) is 61.6 Å². The van der Waals surface area contributed by atoms with Gasteiger partial charge in [0.05, 0.1) is 14.7 Å². The summed E-state index contributed by atoms with van der Waals surface area (Å²) in [5.41, 5.74) is 8.64. The largest absolute Gasteiger partial charge is 0.326 e. The summed E-state index contributed by atoms with van der Waals surface area (Å²) in [6.07, 6.45) is 7.89. The first-order chi connectivity index (χ1) is 21.9. The van der Waals surface area contributed by atoms with Gasteiger partial charge >= 0.3 is 0 Å². The van der Waals surface area contributed by atoms with Gasteiger partial charge in [0.15, 0.2) is 0 Å². The molecule has 0 amide bonds. The first-order valence-electron chi connectivity index (χ1n) is 16.0. The Kier molecular flexibility index (Phi) is 11.0. The zero-order valence-electron chi connectivity index (χ0n) is 26.1. The summed E-state index contributed by atoms with van der Waals surface area (Å²) >= 11 is 0. The third-order valence-electron chi connectivity index (χ3n) is 8.94. The van der Waals surface area contributed by atoms with Crippen molar-refractivity contribution in [2.24, 2.45) is 5.73 Å². The Morgan fingerprint density at radius 2 is 0.891 bits per heavy atom. The van der Waals surface area contributed by atoms with E-state index in [0.29, 0.717) is 19.3 Å². The molecule has 2 aliphatic carbocycles. The van der Waals surface area contributed by atoms with Crippen LogP contribution < -0.4 is 19.9 Å². The molecule has 46 heavy (non-hydrogen) atoms. The van der Waals surface area contributed by atoms with Gasteiger partial charge in [-0.05, 0) is 85.2 Å². The van der Waals surface area contributed by atoms with E-state index in [1.54, 1.807) is 36.4 Å². The summed E-state index contributed by atoms with van der Waals surface area (Å²) in [7, 11) is -11.5. The second-order valence-electron chi connectivity index (χ2n) is 12.4. The Bertz CT molecular complexity index is 1800. The number of nitrogens with two attached hydrogens (primary N) is 1. The maximum Gasteiger partial charge on any atom is 0.240 e. The van der Waals surface area contributed by atoms with Crippen LogP contribution in [-0.4, -0.2) is 49.4 Å². The second-order valence-corrected chi connectivity index (χ2v) is 17.5. The van der Waals surface area contributed by atoms with E-state index >= 15 is 0 Å². The van der Waals surface area contributed by atoms with Gasteiger partial charge in [0, 0.05) is 24.2 Å². The molecule has 5 N–H and O–H groups in total. The van der Waals surface area contributed by atoms with Crippen LogP contribution in [0.15, 0.2) is 87.5 Å². The fourth-order valence-electron chi connectivity index (χ4n) is 6.30. The third-order valence-corrected chi connectivity index (χ3v) is 13.5. The van der Waals surface area contributed by atoms with Crippen molar-refractivity contribution in [3.05, 3.63) is 78.4 Å². The standard InChI is InChI=1S/C33H44N4O6S3/c1-2-7-24-12-18-27(19-13-24)45(40,41)36-32-10-5-6-11-33(32)37-46(42,43)29-22-16-26(17-23-29)25-14-20-28(21-15-25)44(38,39)35-31-9-4-3-8-30(31)34/h12-23,30-33,35-37H,2-11,34H2,1H3/t30-,31-,32-,33-/m1/s1. The van der Waals surface area contributed by atoms with E-state index in [-0.39, 0.29) is 26.8 Å². The van der Waals surface area contributed by atoms with Crippen LogP contribution in [0.2, 0.25) is 0 Å². The van der Waals surface area contributed by atoms with Crippen molar-refractivity contribution < 1.29 is 25.3 Å². The molecule has 5 rings (SSSR count). The summed E-state index contributed by atoms with van der Waals surface area (Å²) in [6.45, 7) is 2.06. The molecule has 4 atom stereocenters. The summed E-state index contributed by atoms with van der Waals surface area (Å²) in [6, 6.07) is 17.9. The summed E-state index contributed by atoms with van der Waals surface area (Å²) in [4.78, 5) is 0.358. The zero-order valence-corrected chi connectivity index (χ0v) is 28.5. The SMILES string of the molecule is CCCc1ccc(S(=O)(=O)N[C@@H]2CCCC[C@H]2NS(=O)(=O)c2ccc(-c3ccc(S(=O)(=O)N[C@@H]4CCCC[C@H]4N)cc3)cc2)cc1. The predicted molar refractivity (Wildman–Crippen MR) is 180 cm³/mol. The van der Waals surface area contributed by atoms with Crippen LogP contribution in [0, 0.1) is 0 Å². The fraction of sp³-hybridized carbons (Fsp3) is 0.455. The van der Waals surface area contributed by atoms with E-state index in [1.807, 2.05) is 12.1 Å². The van der Waals surface area contributed by atoms with Gasteiger partial charge in [-0.15, -0.1) is 0 Å². The highest BCUT2D eigenvalue weighted by molar-refractivity contribution is 7.90. The Morgan fingerprint density at radius 3 is 1.28 bits per heavy atom. The van der Waals surface area contributed by atoms with Crippen molar-refractivity contribution in [2.75, 3.05) is 0 Å². The minimum Gasteiger partial charge on any atom is -0.326 e. The van der Waals surface area contributed by atoms with Crippen LogP contribution >= 0.6 is 0 Å². The molecule has 0 radical (unpaired) electrons. The summed E-state index contributed by atoms with van der Waals surface area (Å²) in [5.74, 6) is 0. The molecule has 2 saturated carbocycles. The molecule has 0 spiro atoms. The first kappa shape index (κ1) is 34.7. The van der Waals surface area contributed by atoms with Crippen LogP contribution in [-0.2, 0) is 36.5 Å². The van der Waals surface area contributed by atoms with Gasteiger partial charge in [-0.3, -0.25) is 0 Å². The Hall–Kier alpha value is -2.65. The number of nitrogens with one attached hydrogen (secondary N) is 3. The molecule has 0 heterocycles. The van der Waals surface area contributed by atoms with E-state index < -0.39 is 42.2 Å². The molecular formula is C33H44N4O6S3. The summed E-state index contributed by atoms with van der Waals surface area (Å²) in [5, 5.41) is 0. The molecule has 2 aliphatic rings. The van der Waals surface area contributed by atoms with Crippen LogP contribution in [0.1, 0.15) is 70.3 Å². The third kappa shape index (κ3) is 8.43. The lowest BCUT2D eigenvalue weighted by Crippen LogP contribution is -2.52. The lowest BCUT2D eigenvalue weighted by Gasteiger charge is -2.32. The maximum absolute atomic E-state index is 13.4. The Balaban J connectivity index is 1.24. The molecule has 3 aromatic carbocycles. The highest BCUT2D eigenvalue weighted by atomic mass is 32.2. The van der Waals surface area contributed by atoms with Gasteiger partial charge in [0.1, 0.15) is 0 Å². The first-order valence-corrected chi connectivity index (χ1v) is 20.4. The van der Waals surface area contributed by atoms with Crippen molar-refractivity contribution in [3.8, 4) is 11.1 Å². The number of hydrogen-bond acceptors (Lipinski definition) is 7. The molecule has 0 saturated heterocycles. The highest BCUT2D eigenvalue weighted by Gasteiger charge is 2.33. The molecule has 250 valence electrons. The van der Waals surface area contributed by atoms with Gasteiger partial charge in [0.25, 0.3) is 0 Å². The zero-order chi connectivity index (χ0) is 33.0. The van der Waals surface area contributed by atoms with Gasteiger partial charge in [-0.2, -0.15) is 0 Å². The van der Waals surface area contributed by atoms with Crippen molar-refractivity contribution >= 4 is 30.1 Å². The van der Waals surface area contributed by atoms with Crippen LogP contribution in [0.3, 0.4) is 0 Å². The average Bonchev–Trinajstić information content (AvgIpc) is 3.03. The average molecular weight is 689 g/mol. The van der Waals surface area contributed by atoms with Crippen molar-refractivity contribution in [1.29, 1.82) is 0 Å². The van der Waals surface area contributed by atoms with Gasteiger partial charge in [-0.25, -0.2) is 39.4 Å². The quantitative estimate of drug-likeness (QED) is 0.219. The molecule has 3 aromatic rings. The Labute approximate surface area is 273 Å². The molecule has 0 aromatic heterocycles. The monoisotopic (exact) mass is 688 g/mol. The second kappa shape index (κ2) is 14.6. The topological polar surface area (TPSA) is 165 Å². The van der Waals surface area contributed by atoms with E-state index in [1.165, 1.54) is 24.3 Å². The lowest BCUT2D eigenvalue weighted by molar-refractivity contribution is 0.340. The molecule has 0 aliphatic heterocycles. The number of hydrogen-bond donors (Lipinski definition) is 4. The van der Waals surface area contributed by atoms with Gasteiger partial charge in [-0.1, -0.05) is 75.4 Å². The Morgan fingerprint density at radius 1 is 0.543 bits per heavy atom.